The van der Waals surface area contributed by atoms with E-state index in [2.05, 4.69) is 77.0 Å². The summed E-state index contributed by atoms with van der Waals surface area (Å²) in [6.07, 6.45) is 7.13. The number of anilines is 4. The van der Waals surface area contributed by atoms with Gasteiger partial charge in [-0.05, 0) is 73.2 Å². The molecule has 18 heteroatoms. The van der Waals surface area contributed by atoms with E-state index in [-0.39, 0.29) is 36.2 Å². The molecule has 0 spiro atoms. The van der Waals surface area contributed by atoms with Crippen molar-refractivity contribution in [2.45, 2.75) is 38.0 Å². The number of carbonyl (C=O) groups is 2. The summed E-state index contributed by atoms with van der Waals surface area (Å²) in [5.74, 6) is 2.75. The second kappa shape index (κ2) is 20.5. The molecule has 10 aromatic rings. The molecule has 3 aliphatic heterocycles. The van der Waals surface area contributed by atoms with Gasteiger partial charge in [-0.3, -0.25) is 14.0 Å². The lowest BCUT2D eigenvalue weighted by Crippen LogP contribution is -2.58. The van der Waals surface area contributed by atoms with Gasteiger partial charge in [0.1, 0.15) is 24.3 Å². The first-order chi connectivity index (χ1) is 36.8. The van der Waals surface area contributed by atoms with Gasteiger partial charge >= 0.3 is 12.1 Å². The number of hydrogen-bond donors (Lipinski definition) is 4. The molecule has 4 amide bonds. The molecule has 4 atom stereocenters. The van der Waals surface area contributed by atoms with Crippen LogP contribution in [-0.4, -0.2) is 136 Å². The van der Waals surface area contributed by atoms with Crippen molar-refractivity contribution in [2.24, 2.45) is 0 Å². The smallest absolute Gasteiger partial charge is 0.321 e. The van der Waals surface area contributed by atoms with Crippen LogP contribution in [0.5, 0.6) is 0 Å². The topological polar surface area (TPSA) is 182 Å². The fourth-order valence-electron chi connectivity index (χ4n) is 10.6. The quantitative estimate of drug-likeness (QED) is 0.114. The molecular formula is C57H56N16O2. The first kappa shape index (κ1) is 47.0. The second-order valence-corrected chi connectivity index (χ2v) is 19.2. The van der Waals surface area contributed by atoms with Crippen LogP contribution in [0.15, 0.2) is 171 Å². The minimum absolute atomic E-state index is 0.0112. The molecule has 4 N–H and O–H groups in total. The predicted molar refractivity (Wildman–Crippen MR) is 295 cm³/mol. The SMILES string of the molecule is CC(Nc1nccc(-n2cnc3ccccc32)n1)C1CN(C(=O)Nc2cccc3ccccc23)CCN1.CC1C2CN(C(=O)Nc3cccc4ccccc34)CCN2CN1c1nccc(-n2cnc3ccccc32)n1. The maximum absolute atomic E-state index is 13.3. The number of imidazole rings is 2. The zero-order valence-electron chi connectivity index (χ0n) is 41.6. The summed E-state index contributed by atoms with van der Waals surface area (Å²) in [6.45, 7) is 9.05. The normalized spacial score (nSPS) is 18.2. The zero-order chi connectivity index (χ0) is 50.8. The van der Waals surface area contributed by atoms with Crippen molar-refractivity contribution in [3.63, 3.8) is 0 Å². The summed E-state index contributed by atoms with van der Waals surface area (Å²) in [7, 11) is 0. The summed E-state index contributed by atoms with van der Waals surface area (Å²) in [6, 6.07) is 48.1. The van der Waals surface area contributed by atoms with Crippen molar-refractivity contribution < 1.29 is 9.59 Å². The lowest BCUT2D eigenvalue weighted by Gasteiger charge is -2.37. The van der Waals surface area contributed by atoms with E-state index in [1.54, 1.807) is 25.0 Å². The first-order valence-electron chi connectivity index (χ1n) is 25.4. The van der Waals surface area contributed by atoms with Gasteiger partial charge in [-0.15, -0.1) is 0 Å². The number of piperazine rings is 2. The van der Waals surface area contributed by atoms with Crippen LogP contribution in [0.25, 0.3) is 55.2 Å². The number of hydrogen-bond acceptors (Lipinski definition) is 12. The van der Waals surface area contributed by atoms with Gasteiger partial charge in [0.05, 0.1) is 40.1 Å². The maximum Gasteiger partial charge on any atom is 0.321 e. The first-order valence-corrected chi connectivity index (χ1v) is 25.4. The summed E-state index contributed by atoms with van der Waals surface area (Å²) >= 11 is 0. The van der Waals surface area contributed by atoms with E-state index in [1.165, 1.54) is 0 Å². The van der Waals surface area contributed by atoms with Crippen LogP contribution in [0.4, 0.5) is 32.9 Å². The Morgan fingerprint density at radius 2 is 1.16 bits per heavy atom. The maximum atomic E-state index is 13.3. The highest BCUT2D eigenvalue weighted by molar-refractivity contribution is 6.02. The Balaban J connectivity index is 0.000000152. The number of amides is 4. The zero-order valence-corrected chi connectivity index (χ0v) is 41.6. The molecular weight excluding hydrogens is 941 g/mol. The van der Waals surface area contributed by atoms with E-state index >= 15 is 0 Å². The Bertz CT molecular complexity index is 3680. The van der Waals surface area contributed by atoms with Gasteiger partial charge in [-0.25, -0.2) is 29.5 Å². The van der Waals surface area contributed by atoms with Gasteiger partial charge in [-0.1, -0.05) is 97.1 Å². The van der Waals surface area contributed by atoms with Crippen molar-refractivity contribution >= 4 is 78.9 Å². The Morgan fingerprint density at radius 1 is 0.600 bits per heavy atom. The highest BCUT2D eigenvalue weighted by Crippen LogP contribution is 2.30. The van der Waals surface area contributed by atoms with Crippen molar-refractivity contribution in [1.82, 2.24) is 59.1 Å². The molecule has 7 heterocycles. The highest BCUT2D eigenvalue weighted by Gasteiger charge is 2.43. The van der Waals surface area contributed by atoms with Gasteiger partial charge in [-0.2, -0.15) is 9.97 Å². The van der Waals surface area contributed by atoms with Crippen molar-refractivity contribution in [2.75, 3.05) is 66.8 Å². The number of nitrogens with zero attached hydrogens (tertiary/aromatic N) is 12. The van der Waals surface area contributed by atoms with Crippen LogP contribution < -0.4 is 26.2 Å². The largest absolute Gasteiger partial charge is 0.350 e. The van der Waals surface area contributed by atoms with Crippen LogP contribution >= 0.6 is 0 Å². The Kier molecular flexibility index (Phi) is 12.8. The second-order valence-electron chi connectivity index (χ2n) is 19.2. The van der Waals surface area contributed by atoms with Crippen LogP contribution in [0, 0.1) is 0 Å². The number of fused-ring (bicyclic) bond motifs is 5. The monoisotopic (exact) mass is 996 g/mol. The number of nitrogens with one attached hydrogen (secondary N) is 4. The van der Waals surface area contributed by atoms with E-state index in [4.69, 9.17) is 9.97 Å². The third-order valence-corrected chi connectivity index (χ3v) is 14.6. The standard InChI is InChI=1S/C29H28N8O.C28H28N8O/c1-20-26-17-34(29(38)32-23-11-6-8-21-7-2-3-9-22(21)23)15-16-35(26)19-37(20)28-30-14-13-27(33-28)36-18-31-24-10-4-5-12-25(24)36;1-19(32-27-30-14-13-26(34-27)36-18-31-23-10-4-5-12-25(23)36)24-17-35(16-15-29-24)28(37)33-22-11-6-8-20-7-2-3-9-21(20)22/h2-14,18,20,26H,15-17,19H2,1H3,(H,32,38);2-14,18-19,24,29H,15-17H2,1H3,(H,33,37)(H,30,32,34). The summed E-state index contributed by atoms with van der Waals surface area (Å²) in [5, 5.41) is 17.5. The van der Waals surface area contributed by atoms with Crippen LogP contribution in [0.2, 0.25) is 0 Å². The molecule has 0 bridgehead atoms. The molecule has 75 heavy (non-hydrogen) atoms. The van der Waals surface area contributed by atoms with E-state index in [9.17, 15) is 9.59 Å². The van der Waals surface area contributed by atoms with Crippen LogP contribution in [-0.2, 0) is 0 Å². The minimum Gasteiger partial charge on any atom is -0.350 e. The molecule has 3 fully saturated rings. The fraction of sp³-hybridized carbons (Fsp3) is 0.228. The number of carbonyl (C=O) groups excluding carboxylic acids is 2. The summed E-state index contributed by atoms with van der Waals surface area (Å²) in [5.41, 5.74) is 5.51. The van der Waals surface area contributed by atoms with Gasteiger partial charge in [0.25, 0.3) is 0 Å². The van der Waals surface area contributed by atoms with Crippen LogP contribution in [0.1, 0.15) is 13.8 Å². The lowest BCUT2D eigenvalue weighted by atomic mass is 10.1. The van der Waals surface area contributed by atoms with E-state index in [0.717, 1.165) is 79.8 Å². The van der Waals surface area contributed by atoms with Gasteiger partial charge in [0.2, 0.25) is 11.9 Å². The molecule has 0 aliphatic carbocycles. The Labute approximate surface area is 433 Å². The average Bonchev–Trinajstić information content (AvgIpc) is 4.20. The molecule has 6 aromatic carbocycles. The van der Waals surface area contributed by atoms with Crippen molar-refractivity contribution in [3.8, 4) is 11.6 Å². The molecule has 3 saturated heterocycles. The Morgan fingerprint density at radius 3 is 1.81 bits per heavy atom. The molecule has 376 valence electrons. The van der Waals surface area contributed by atoms with Gasteiger partial charge in [0.15, 0.2) is 0 Å². The molecule has 3 aliphatic rings. The lowest BCUT2D eigenvalue weighted by molar-refractivity contribution is 0.120. The Hall–Kier alpha value is -9.00. The molecule has 0 saturated carbocycles. The van der Waals surface area contributed by atoms with E-state index in [0.29, 0.717) is 44.6 Å². The number of benzene rings is 6. The van der Waals surface area contributed by atoms with Gasteiger partial charge in [0, 0.05) is 86.6 Å². The predicted octanol–water partition coefficient (Wildman–Crippen LogP) is 8.63. The number of urea groups is 2. The highest BCUT2D eigenvalue weighted by atomic mass is 16.2. The summed E-state index contributed by atoms with van der Waals surface area (Å²) < 4.78 is 3.94. The third-order valence-electron chi connectivity index (χ3n) is 14.6. The molecule has 4 unspecified atom stereocenters. The van der Waals surface area contributed by atoms with Crippen molar-refractivity contribution in [1.29, 1.82) is 0 Å². The minimum atomic E-state index is -0.0970. The van der Waals surface area contributed by atoms with Crippen LogP contribution in [0.3, 0.4) is 0 Å². The van der Waals surface area contributed by atoms with E-state index in [1.807, 2.05) is 152 Å². The van der Waals surface area contributed by atoms with Crippen molar-refractivity contribution in [3.05, 3.63) is 171 Å². The van der Waals surface area contributed by atoms with Gasteiger partial charge < -0.3 is 36.0 Å². The third kappa shape index (κ3) is 9.59. The molecule has 18 nitrogen and oxygen atoms in total. The fourth-order valence-corrected chi connectivity index (χ4v) is 10.6. The van der Waals surface area contributed by atoms with E-state index < -0.39 is 0 Å². The average molecular weight is 997 g/mol. The molecule has 13 rings (SSSR count). The molecule has 4 aromatic heterocycles. The number of para-hydroxylation sites is 4. The summed E-state index contributed by atoms with van der Waals surface area (Å²) in [4.78, 5) is 62.5. The number of rotatable bonds is 8. The molecule has 0 radical (unpaired) electrons. The number of aromatic nitrogens is 8.